The third kappa shape index (κ3) is 3.77. The van der Waals surface area contributed by atoms with Gasteiger partial charge in [0.1, 0.15) is 0 Å². The van der Waals surface area contributed by atoms with Gasteiger partial charge in [-0.3, -0.25) is 0 Å². The van der Waals surface area contributed by atoms with Gasteiger partial charge in [-0.2, -0.15) is 0 Å². The van der Waals surface area contributed by atoms with E-state index in [-0.39, 0.29) is 10.6 Å². The van der Waals surface area contributed by atoms with E-state index in [1.807, 2.05) is 0 Å². The molecule has 0 spiro atoms. The summed E-state index contributed by atoms with van der Waals surface area (Å²) in [6.07, 6.45) is 1.08. The minimum absolute atomic E-state index is 0.130. The Balaban J connectivity index is 3.29. The third-order valence-corrected chi connectivity index (χ3v) is 4.24. The molecule has 0 aliphatic rings. The van der Waals surface area contributed by atoms with Crippen LogP contribution in [0.3, 0.4) is 0 Å². The molecular weight excluding hydrogens is 272 g/mol. The van der Waals surface area contributed by atoms with Crippen LogP contribution in [0, 0.1) is 6.92 Å². The van der Waals surface area contributed by atoms with Crippen molar-refractivity contribution in [3.05, 3.63) is 29.3 Å². The zero-order chi connectivity index (χ0) is 12.6. The molecule has 0 unspecified atom stereocenters. The number of halogens is 1. The summed E-state index contributed by atoms with van der Waals surface area (Å²) in [5.74, 6) is -0.378. The Bertz CT molecular complexity index is 602. The van der Waals surface area contributed by atoms with Crippen molar-refractivity contribution in [3.63, 3.8) is 0 Å². The molecule has 0 fully saturated rings. The van der Waals surface area contributed by atoms with Crippen molar-refractivity contribution in [2.75, 3.05) is 6.26 Å². The van der Waals surface area contributed by atoms with Crippen molar-refractivity contribution in [2.45, 2.75) is 17.6 Å². The topological polar surface area (TPSA) is 68.3 Å². The number of sulfone groups is 1. The molecule has 7 heteroatoms. The normalized spacial score (nSPS) is 12.7. The molecule has 0 heterocycles. The maximum atomic E-state index is 11.4. The molecule has 90 valence electrons. The number of hydrogen-bond acceptors (Lipinski definition) is 4. The van der Waals surface area contributed by atoms with Gasteiger partial charge in [0.05, 0.1) is 10.6 Å². The monoisotopic (exact) mass is 282 g/mol. The van der Waals surface area contributed by atoms with Gasteiger partial charge in [-0.15, -0.1) is 0 Å². The average Bonchev–Trinajstić information content (AvgIpc) is 2.04. The van der Waals surface area contributed by atoms with Crippen LogP contribution in [0.25, 0.3) is 0 Å². The van der Waals surface area contributed by atoms with Gasteiger partial charge in [0, 0.05) is 16.9 Å². The molecule has 0 saturated carbocycles. The minimum atomic E-state index is -3.67. The number of benzene rings is 1. The number of rotatable bonds is 3. The summed E-state index contributed by atoms with van der Waals surface area (Å²) in [5, 5.41) is 0. The molecule has 1 aromatic carbocycles. The van der Waals surface area contributed by atoms with Gasteiger partial charge < -0.3 is 0 Å². The van der Waals surface area contributed by atoms with E-state index in [1.54, 1.807) is 19.1 Å². The van der Waals surface area contributed by atoms with Crippen LogP contribution in [0.1, 0.15) is 11.1 Å². The predicted octanol–water partition coefficient (Wildman–Crippen LogP) is 1.47. The van der Waals surface area contributed by atoms with Gasteiger partial charge >= 0.3 is 0 Å². The van der Waals surface area contributed by atoms with Crippen LogP contribution in [-0.2, 0) is 24.6 Å². The molecule has 0 bridgehead atoms. The van der Waals surface area contributed by atoms with E-state index >= 15 is 0 Å². The highest BCUT2D eigenvalue weighted by Crippen LogP contribution is 2.19. The molecule has 0 aliphatic carbocycles. The summed E-state index contributed by atoms with van der Waals surface area (Å²) in [5.41, 5.74) is 0.944. The highest BCUT2D eigenvalue weighted by molar-refractivity contribution is 8.13. The summed E-state index contributed by atoms with van der Waals surface area (Å²) in [6.45, 7) is 1.65. The first-order valence-corrected chi connectivity index (χ1v) is 8.68. The van der Waals surface area contributed by atoms with Gasteiger partial charge in [0.25, 0.3) is 0 Å². The van der Waals surface area contributed by atoms with Crippen LogP contribution in [-0.4, -0.2) is 23.1 Å². The first kappa shape index (κ1) is 13.5. The average molecular weight is 283 g/mol. The Labute approximate surface area is 99.6 Å². The Morgan fingerprint density at radius 2 is 1.75 bits per heavy atom. The fourth-order valence-electron chi connectivity index (χ4n) is 1.33. The molecule has 0 radical (unpaired) electrons. The molecule has 0 aromatic heterocycles. The van der Waals surface area contributed by atoms with Crippen molar-refractivity contribution in [1.82, 2.24) is 0 Å². The smallest absolute Gasteiger partial charge is 0.224 e. The van der Waals surface area contributed by atoms with E-state index in [9.17, 15) is 16.8 Å². The number of hydrogen-bond donors (Lipinski definition) is 0. The zero-order valence-electron chi connectivity index (χ0n) is 8.77. The van der Waals surface area contributed by atoms with Crippen LogP contribution >= 0.6 is 10.7 Å². The second-order valence-electron chi connectivity index (χ2n) is 3.56. The lowest BCUT2D eigenvalue weighted by molar-refractivity contribution is 0.600. The van der Waals surface area contributed by atoms with Crippen LogP contribution in [0.5, 0.6) is 0 Å². The lowest BCUT2D eigenvalue weighted by atomic mass is 10.2. The molecular formula is C9H11ClO4S2. The van der Waals surface area contributed by atoms with Gasteiger partial charge in [-0.25, -0.2) is 16.8 Å². The fraction of sp³-hybridized carbons (Fsp3) is 0.333. The van der Waals surface area contributed by atoms with Gasteiger partial charge in [-0.1, -0.05) is 12.1 Å². The lowest BCUT2D eigenvalue weighted by Gasteiger charge is -2.05. The summed E-state index contributed by atoms with van der Waals surface area (Å²) in [4.78, 5) is 0.130. The molecule has 1 rings (SSSR count). The first-order chi connectivity index (χ1) is 7.09. The van der Waals surface area contributed by atoms with Gasteiger partial charge in [-0.05, 0) is 24.1 Å². The van der Waals surface area contributed by atoms with Crippen molar-refractivity contribution in [1.29, 1.82) is 0 Å². The predicted molar refractivity (Wildman–Crippen MR) is 62.8 cm³/mol. The van der Waals surface area contributed by atoms with E-state index in [0.717, 1.165) is 6.26 Å². The Morgan fingerprint density at radius 1 is 1.19 bits per heavy atom. The highest BCUT2D eigenvalue weighted by atomic mass is 35.7. The summed E-state index contributed by atoms with van der Waals surface area (Å²) < 4.78 is 44.5. The molecule has 0 atom stereocenters. The maximum Gasteiger partial charge on any atom is 0.236 e. The fourth-order valence-corrected chi connectivity index (χ4v) is 3.31. The lowest BCUT2D eigenvalue weighted by Crippen LogP contribution is -2.03. The second-order valence-corrected chi connectivity index (χ2v) is 8.32. The highest BCUT2D eigenvalue weighted by Gasteiger charge is 2.14. The Hall–Kier alpha value is -0.590. The van der Waals surface area contributed by atoms with Crippen molar-refractivity contribution in [3.8, 4) is 0 Å². The SMILES string of the molecule is Cc1ccc(CS(=O)(=O)Cl)cc1S(C)(=O)=O. The zero-order valence-corrected chi connectivity index (χ0v) is 11.2. The van der Waals surface area contributed by atoms with E-state index in [2.05, 4.69) is 0 Å². The Kier molecular flexibility index (Phi) is 3.66. The van der Waals surface area contributed by atoms with Crippen LogP contribution in [0.15, 0.2) is 23.1 Å². The van der Waals surface area contributed by atoms with E-state index in [0.29, 0.717) is 11.1 Å². The third-order valence-electron chi connectivity index (χ3n) is 1.99. The number of aryl methyl sites for hydroxylation is 1. The van der Waals surface area contributed by atoms with Crippen LogP contribution in [0.2, 0.25) is 0 Å². The largest absolute Gasteiger partial charge is 0.236 e. The van der Waals surface area contributed by atoms with Gasteiger partial charge in [0.15, 0.2) is 9.84 Å². The van der Waals surface area contributed by atoms with E-state index in [1.165, 1.54) is 6.07 Å². The van der Waals surface area contributed by atoms with Crippen LogP contribution in [0.4, 0.5) is 0 Å². The molecule has 16 heavy (non-hydrogen) atoms. The summed E-state index contributed by atoms with van der Waals surface area (Å²) in [7, 11) is -1.93. The molecule has 1 aromatic rings. The molecule has 0 aliphatic heterocycles. The summed E-state index contributed by atoms with van der Waals surface area (Å²) >= 11 is 0. The maximum absolute atomic E-state index is 11.4. The van der Waals surface area contributed by atoms with Crippen molar-refractivity contribution in [2.24, 2.45) is 0 Å². The first-order valence-electron chi connectivity index (χ1n) is 4.31. The van der Waals surface area contributed by atoms with Gasteiger partial charge in [0.2, 0.25) is 9.05 Å². The standard InChI is InChI=1S/C9H11ClO4S2/c1-7-3-4-8(6-16(10,13)14)5-9(7)15(2,11)12/h3-5H,6H2,1-2H3. The Morgan fingerprint density at radius 3 is 2.19 bits per heavy atom. The quantitative estimate of drug-likeness (QED) is 0.787. The summed E-state index contributed by atoms with van der Waals surface area (Å²) in [6, 6.07) is 4.45. The van der Waals surface area contributed by atoms with Crippen molar-refractivity contribution >= 4 is 29.6 Å². The minimum Gasteiger partial charge on any atom is -0.224 e. The molecule has 0 amide bonds. The molecule has 0 N–H and O–H groups in total. The second kappa shape index (κ2) is 4.35. The van der Waals surface area contributed by atoms with Crippen molar-refractivity contribution < 1.29 is 16.8 Å². The van der Waals surface area contributed by atoms with E-state index in [4.69, 9.17) is 10.7 Å². The molecule has 0 saturated heterocycles. The van der Waals surface area contributed by atoms with E-state index < -0.39 is 18.9 Å². The molecule has 4 nitrogen and oxygen atoms in total. The van der Waals surface area contributed by atoms with Crippen LogP contribution < -0.4 is 0 Å².